The van der Waals surface area contributed by atoms with E-state index in [0.29, 0.717) is 25.1 Å². The Morgan fingerprint density at radius 2 is 1.34 bits per heavy atom. The average Bonchev–Trinajstić information content (AvgIpc) is 2.85. The maximum Gasteiger partial charge on any atom is 0.242 e. The molecule has 0 aliphatic rings. The number of benzene rings is 3. The molecule has 3 rings (SSSR count). The lowest BCUT2D eigenvalue weighted by atomic mass is 10.0. The summed E-state index contributed by atoms with van der Waals surface area (Å²) < 4.78 is 0. The van der Waals surface area contributed by atoms with E-state index in [2.05, 4.69) is 17.4 Å². The number of nitrogens with one attached hydrogen (secondary N) is 1. The van der Waals surface area contributed by atoms with E-state index in [1.807, 2.05) is 78.9 Å². The third-order valence-electron chi connectivity index (χ3n) is 5.29. The topological polar surface area (TPSA) is 49.4 Å². The van der Waals surface area contributed by atoms with Crippen molar-refractivity contribution in [1.82, 2.24) is 10.2 Å². The van der Waals surface area contributed by atoms with Crippen LogP contribution in [-0.4, -0.2) is 35.6 Å². The minimum absolute atomic E-state index is 0.000976. The van der Waals surface area contributed by atoms with Crippen LogP contribution in [0.15, 0.2) is 91.0 Å². The molecule has 0 unspecified atom stereocenters. The zero-order valence-corrected chi connectivity index (χ0v) is 19.3. The van der Waals surface area contributed by atoms with Gasteiger partial charge in [-0.2, -0.15) is 11.8 Å². The van der Waals surface area contributed by atoms with Gasteiger partial charge in [-0.1, -0.05) is 91.0 Å². The molecule has 0 saturated carbocycles. The molecule has 5 heteroatoms. The van der Waals surface area contributed by atoms with Crippen LogP contribution in [0, 0.1) is 0 Å². The number of likely N-dealkylation sites (N-methyl/N-ethyl adjacent to an activating group) is 1. The SMILES string of the molecule is CNC(=O)[C@@H](Cc1ccccc1)N(Cc1ccccc1)C(=O)CCSCc1ccccc1. The van der Waals surface area contributed by atoms with Gasteiger partial charge in [0.2, 0.25) is 11.8 Å². The van der Waals surface area contributed by atoms with Gasteiger partial charge in [-0.05, 0) is 16.7 Å². The predicted octanol–water partition coefficient (Wildman–Crippen LogP) is 4.70. The highest BCUT2D eigenvalue weighted by Crippen LogP contribution is 2.18. The highest BCUT2D eigenvalue weighted by Gasteiger charge is 2.29. The van der Waals surface area contributed by atoms with Gasteiger partial charge in [0.1, 0.15) is 6.04 Å². The van der Waals surface area contributed by atoms with Gasteiger partial charge in [0.25, 0.3) is 0 Å². The lowest BCUT2D eigenvalue weighted by Crippen LogP contribution is -2.49. The number of hydrogen-bond donors (Lipinski definition) is 1. The van der Waals surface area contributed by atoms with Crippen molar-refractivity contribution < 1.29 is 9.59 Å². The molecule has 166 valence electrons. The van der Waals surface area contributed by atoms with Gasteiger partial charge < -0.3 is 10.2 Å². The van der Waals surface area contributed by atoms with E-state index in [4.69, 9.17) is 0 Å². The molecule has 0 aliphatic heterocycles. The first kappa shape index (κ1) is 23.6. The van der Waals surface area contributed by atoms with Crippen LogP contribution in [0.5, 0.6) is 0 Å². The van der Waals surface area contributed by atoms with Crippen molar-refractivity contribution >= 4 is 23.6 Å². The molecule has 0 saturated heterocycles. The van der Waals surface area contributed by atoms with Crippen molar-refractivity contribution in [2.45, 2.75) is 31.2 Å². The van der Waals surface area contributed by atoms with E-state index in [1.165, 1.54) is 5.56 Å². The molecule has 1 N–H and O–H groups in total. The smallest absolute Gasteiger partial charge is 0.242 e. The first-order valence-corrected chi connectivity index (χ1v) is 12.0. The Morgan fingerprint density at radius 1 is 0.812 bits per heavy atom. The van der Waals surface area contributed by atoms with Crippen molar-refractivity contribution in [3.63, 3.8) is 0 Å². The lowest BCUT2D eigenvalue weighted by Gasteiger charge is -2.31. The van der Waals surface area contributed by atoms with Crippen molar-refractivity contribution in [3.8, 4) is 0 Å². The Morgan fingerprint density at radius 3 is 1.91 bits per heavy atom. The van der Waals surface area contributed by atoms with E-state index in [9.17, 15) is 9.59 Å². The summed E-state index contributed by atoms with van der Waals surface area (Å²) in [6, 6.07) is 29.4. The first-order valence-electron chi connectivity index (χ1n) is 10.9. The molecule has 0 fully saturated rings. The van der Waals surface area contributed by atoms with Gasteiger partial charge in [-0.3, -0.25) is 9.59 Å². The van der Waals surface area contributed by atoms with Crippen LogP contribution >= 0.6 is 11.8 Å². The monoisotopic (exact) mass is 446 g/mol. The quantitative estimate of drug-likeness (QED) is 0.435. The molecule has 0 heterocycles. The number of hydrogen-bond acceptors (Lipinski definition) is 3. The lowest BCUT2D eigenvalue weighted by molar-refractivity contribution is -0.140. The van der Waals surface area contributed by atoms with Gasteiger partial charge in [-0.15, -0.1) is 0 Å². The summed E-state index contributed by atoms with van der Waals surface area (Å²) in [5.74, 6) is 1.44. The van der Waals surface area contributed by atoms with E-state index >= 15 is 0 Å². The molecule has 0 bridgehead atoms. The summed E-state index contributed by atoms with van der Waals surface area (Å²) in [4.78, 5) is 27.9. The Hall–Kier alpha value is -3.05. The number of nitrogens with zero attached hydrogens (tertiary/aromatic N) is 1. The maximum atomic E-state index is 13.3. The molecule has 2 amide bonds. The molecule has 3 aromatic rings. The van der Waals surface area contributed by atoms with Crippen LogP contribution in [0.1, 0.15) is 23.1 Å². The zero-order valence-electron chi connectivity index (χ0n) is 18.4. The Balaban J connectivity index is 1.72. The van der Waals surface area contributed by atoms with E-state index in [0.717, 1.165) is 16.9 Å². The largest absolute Gasteiger partial charge is 0.357 e. The molecule has 4 nitrogen and oxygen atoms in total. The van der Waals surface area contributed by atoms with Gasteiger partial charge in [0, 0.05) is 37.9 Å². The molecule has 0 spiro atoms. The summed E-state index contributed by atoms with van der Waals surface area (Å²) in [5.41, 5.74) is 3.29. The minimum atomic E-state index is -0.561. The number of amides is 2. The third-order valence-corrected chi connectivity index (χ3v) is 6.32. The molecule has 3 aromatic carbocycles. The van der Waals surface area contributed by atoms with Crippen molar-refractivity contribution in [1.29, 1.82) is 0 Å². The van der Waals surface area contributed by atoms with Gasteiger partial charge in [0.15, 0.2) is 0 Å². The fourth-order valence-corrected chi connectivity index (χ4v) is 4.46. The molecule has 0 radical (unpaired) electrons. The standard InChI is InChI=1S/C27H30N2O2S/c1-28-27(31)25(19-22-11-5-2-6-12-22)29(20-23-13-7-3-8-14-23)26(30)17-18-32-21-24-15-9-4-10-16-24/h2-16,25H,17-21H2,1H3,(H,28,31)/t25-/m1/s1. The van der Waals surface area contributed by atoms with Gasteiger partial charge in [-0.25, -0.2) is 0 Å². The minimum Gasteiger partial charge on any atom is -0.357 e. The fraction of sp³-hybridized carbons (Fsp3) is 0.259. The summed E-state index contributed by atoms with van der Waals surface area (Å²) in [6.45, 7) is 0.411. The van der Waals surface area contributed by atoms with Crippen LogP contribution in [-0.2, 0) is 28.3 Å². The first-order chi connectivity index (χ1) is 15.7. The molecule has 0 aromatic heterocycles. The Labute approximate surface area is 195 Å². The van der Waals surface area contributed by atoms with Crippen LogP contribution in [0.4, 0.5) is 0 Å². The highest BCUT2D eigenvalue weighted by atomic mass is 32.2. The van der Waals surface area contributed by atoms with Crippen molar-refractivity contribution in [2.24, 2.45) is 0 Å². The molecular weight excluding hydrogens is 416 g/mol. The van der Waals surface area contributed by atoms with E-state index in [1.54, 1.807) is 23.7 Å². The second-order valence-corrected chi connectivity index (χ2v) is 8.72. The zero-order chi connectivity index (χ0) is 22.6. The summed E-state index contributed by atoms with van der Waals surface area (Å²) in [7, 11) is 1.63. The number of carbonyl (C=O) groups is 2. The average molecular weight is 447 g/mol. The third kappa shape index (κ3) is 7.27. The number of carbonyl (C=O) groups excluding carboxylic acids is 2. The van der Waals surface area contributed by atoms with Crippen molar-refractivity contribution in [2.75, 3.05) is 12.8 Å². The molecular formula is C27H30N2O2S. The summed E-state index contributed by atoms with van der Waals surface area (Å²) in [5, 5.41) is 2.76. The second-order valence-electron chi connectivity index (χ2n) is 7.62. The second kappa shape index (κ2) is 12.7. The van der Waals surface area contributed by atoms with Gasteiger partial charge >= 0.3 is 0 Å². The highest BCUT2D eigenvalue weighted by molar-refractivity contribution is 7.98. The molecule has 0 aliphatic carbocycles. The Kier molecular flexibility index (Phi) is 9.38. The maximum absolute atomic E-state index is 13.3. The van der Waals surface area contributed by atoms with Crippen LogP contribution in [0.25, 0.3) is 0 Å². The summed E-state index contributed by atoms with van der Waals surface area (Å²) in [6.07, 6.45) is 0.878. The van der Waals surface area contributed by atoms with Gasteiger partial charge in [0.05, 0.1) is 0 Å². The molecule has 32 heavy (non-hydrogen) atoms. The van der Waals surface area contributed by atoms with Crippen molar-refractivity contribution in [3.05, 3.63) is 108 Å². The van der Waals surface area contributed by atoms with Crippen LogP contribution in [0.3, 0.4) is 0 Å². The number of rotatable bonds is 11. The predicted molar refractivity (Wildman–Crippen MR) is 132 cm³/mol. The normalized spacial score (nSPS) is 11.5. The van der Waals surface area contributed by atoms with E-state index in [-0.39, 0.29) is 11.8 Å². The van der Waals surface area contributed by atoms with Crippen LogP contribution in [0.2, 0.25) is 0 Å². The Bertz CT molecular complexity index is 965. The van der Waals surface area contributed by atoms with E-state index < -0.39 is 6.04 Å². The fourth-order valence-electron chi connectivity index (χ4n) is 3.57. The number of thioether (sulfide) groups is 1. The molecule has 1 atom stereocenters. The summed E-state index contributed by atoms with van der Waals surface area (Å²) >= 11 is 1.74. The van der Waals surface area contributed by atoms with Crippen LogP contribution < -0.4 is 5.32 Å².